The van der Waals surface area contributed by atoms with Gasteiger partial charge in [-0.05, 0) is 18.2 Å². The van der Waals surface area contributed by atoms with Crippen LogP contribution in [0.4, 0.5) is 4.39 Å². The number of nitrogens with zero attached hydrogens (tertiary/aromatic N) is 5. The minimum atomic E-state index is -0.637. The number of rotatable bonds is 3. The van der Waals surface area contributed by atoms with E-state index in [0.717, 1.165) is 0 Å². The number of carbonyl (C=O) groups excluding carboxylic acids is 1. The molecule has 1 aromatic carbocycles. The molecule has 4 rings (SSSR count). The zero-order chi connectivity index (χ0) is 17.4. The van der Waals surface area contributed by atoms with Crippen LogP contribution < -0.4 is 0 Å². The van der Waals surface area contributed by atoms with E-state index in [-0.39, 0.29) is 22.3 Å². The monoisotopic (exact) mass is 359 g/mol. The minimum absolute atomic E-state index is 0.0924. The average molecular weight is 360 g/mol. The summed E-state index contributed by atoms with van der Waals surface area (Å²) in [5.41, 5.74) is -0.119. The van der Waals surface area contributed by atoms with Gasteiger partial charge in [0.1, 0.15) is 5.82 Å². The third kappa shape index (κ3) is 2.85. The number of halogens is 2. The summed E-state index contributed by atoms with van der Waals surface area (Å²) in [5.74, 6) is -0.154. The van der Waals surface area contributed by atoms with Crippen LogP contribution in [0.2, 0.25) is 5.02 Å². The van der Waals surface area contributed by atoms with E-state index in [9.17, 15) is 9.18 Å². The number of aromatic nitrogens is 4. The summed E-state index contributed by atoms with van der Waals surface area (Å²) in [6.07, 6.45) is 3.17. The van der Waals surface area contributed by atoms with Gasteiger partial charge in [-0.3, -0.25) is 4.79 Å². The molecule has 0 bridgehead atoms. The first-order valence-corrected chi connectivity index (χ1v) is 7.85. The predicted molar refractivity (Wildman–Crippen MR) is 85.4 cm³/mol. The summed E-state index contributed by atoms with van der Waals surface area (Å²) in [7, 11) is 0. The van der Waals surface area contributed by atoms with Crippen LogP contribution in [0, 0.1) is 5.82 Å². The highest BCUT2D eigenvalue weighted by atomic mass is 35.5. The van der Waals surface area contributed by atoms with Crippen LogP contribution >= 0.6 is 11.6 Å². The maximum absolute atomic E-state index is 13.8. The molecule has 7 nitrogen and oxygen atoms in total. The average Bonchev–Trinajstić information content (AvgIpc) is 3.04. The molecule has 3 heterocycles. The van der Waals surface area contributed by atoms with Gasteiger partial charge in [-0.2, -0.15) is 4.98 Å². The standard InChI is InChI=1S/C16H11ClFN5O2/c17-10-3-1-4-11(18)12(10)16(24)23-7-9(8-23)15-21-14(22-25-15)13-19-5-2-6-20-13/h1-6,9H,7-8H2. The summed E-state index contributed by atoms with van der Waals surface area (Å²) in [6, 6.07) is 5.84. The van der Waals surface area contributed by atoms with Crippen molar-refractivity contribution in [2.75, 3.05) is 13.1 Å². The minimum Gasteiger partial charge on any atom is -0.338 e. The summed E-state index contributed by atoms with van der Waals surface area (Å²) >= 11 is 5.93. The number of likely N-dealkylation sites (tertiary alicyclic amines) is 1. The Bertz CT molecular complexity index is 907. The first kappa shape index (κ1) is 15.6. The third-order valence-electron chi connectivity index (χ3n) is 3.90. The maximum atomic E-state index is 13.8. The van der Waals surface area contributed by atoms with Crippen molar-refractivity contribution in [2.45, 2.75) is 5.92 Å². The van der Waals surface area contributed by atoms with E-state index in [0.29, 0.717) is 24.8 Å². The van der Waals surface area contributed by atoms with Crippen LogP contribution in [0.25, 0.3) is 11.6 Å². The van der Waals surface area contributed by atoms with Crippen molar-refractivity contribution in [2.24, 2.45) is 0 Å². The van der Waals surface area contributed by atoms with Crippen LogP contribution in [0.3, 0.4) is 0 Å². The number of hydrogen-bond acceptors (Lipinski definition) is 6. The van der Waals surface area contributed by atoms with Gasteiger partial charge in [0.05, 0.1) is 16.5 Å². The first-order valence-electron chi connectivity index (χ1n) is 7.48. The highest BCUT2D eigenvalue weighted by molar-refractivity contribution is 6.33. The van der Waals surface area contributed by atoms with Crippen molar-refractivity contribution in [3.63, 3.8) is 0 Å². The number of hydrogen-bond donors (Lipinski definition) is 0. The molecule has 0 atom stereocenters. The van der Waals surface area contributed by atoms with Gasteiger partial charge in [0.2, 0.25) is 17.5 Å². The fraction of sp³-hybridized carbons (Fsp3) is 0.188. The summed E-state index contributed by atoms with van der Waals surface area (Å²) in [6.45, 7) is 0.696. The molecule has 0 unspecified atom stereocenters. The van der Waals surface area contributed by atoms with E-state index in [1.807, 2.05) is 0 Å². The molecule has 1 amide bonds. The Hall–Kier alpha value is -2.87. The SMILES string of the molecule is O=C(c1c(F)cccc1Cl)N1CC(c2nc(-c3ncccn3)no2)C1. The van der Waals surface area contributed by atoms with Gasteiger partial charge in [0.15, 0.2) is 0 Å². The largest absolute Gasteiger partial charge is 0.338 e. The van der Waals surface area contributed by atoms with Crippen molar-refractivity contribution in [3.8, 4) is 11.6 Å². The van der Waals surface area contributed by atoms with Crippen LogP contribution in [0.15, 0.2) is 41.2 Å². The fourth-order valence-corrected chi connectivity index (χ4v) is 2.81. The maximum Gasteiger partial charge on any atom is 0.258 e. The van der Waals surface area contributed by atoms with E-state index < -0.39 is 11.7 Å². The lowest BCUT2D eigenvalue weighted by atomic mass is 9.98. The van der Waals surface area contributed by atoms with Gasteiger partial charge in [-0.25, -0.2) is 14.4 Å². The lowest BCUT2D eigenvalue weighted by Gasteiger charge is -2.37. The Labute approximate surface area is 146 Å². The molecule has 0 saturated carbocycles. The molecule has 25 heavy (non-hydrogen) atoms. The normalized spacial score (nSPS) is 14.4. The summed E-state index contributed by atoms with van der Waals surface area (Å²) < 4.78 is 19.1. The van der Waals surface area contributed by atoms with Gasteiger partial charge in [0, 0.05) is 25.5 Å². The second kappa shape index (κ2) is 6.21. The molecule has 0 aliphatic carbocycles. The molecule has 9 heteroatoms. The van der Waals surface area contributed by atoms with Crippen LogP contribution in [0.5, 0.6) is 0 Å². The Morgan fingerprint density at radius 3 is 2.68 bits per heavy atom. The Kier molecular flexibility index (Phi) is 3.89. The molecule has 1 fully saturated rings. The van der Waals surface area contributed by atoms with E-state index in [1.165, 1.54) is 23.1 Å². The Morgan fingerprint density at radius 1 is 1.20 bits per heavy atom. The smallest absolute Gasteiger partial charge is 0.258 e. The van der Waals surface area contributed by atoms with Crippen LogP contribution in [-0.2, 0) is 0 Å². The van der Waals surface area contributed by atoms with Crippen molar-refractivity contribution in [1.29, 1.82) is 0 Å². The molecule has 0 N–H and O–H groups in total. The molecular formula is C16H11ClFN5O2. The molecule has 1 aliphatic heterocycles. The topological polar surface area (TPSA) is 85.0 Å². The van der Waals surface area contributed by atoms with Crippen molar-refractivity contribution < 1.29 is 13.7 Å². The van der Waals surface area contributed by atoms with Crippen LogP contribution in [-0.4, -0.2) is 44.0 Å². The highest BCUT2D eigenvalue weighted by Gasteiger charge is 2.37. The van der Waals surface area contributed by atoms with E-state index in [2.05, 4.69) is 20.1 Å². The second-order valence-corrected chi connectivity index (χ2v) is 5.94. The number of benzene rings is 1. The summed E-state index contributed by atoms with van der Waals surface area (Å²) in [5, 5.41) is 3.94. The Morgan fingerprint density at radius 2 is 1.96 bits per heavy atom. The second-order valence-electron chi connectivity index (χ2n) is 5.53. The van der Waals surface area contributed by atoms with Gasteiger partial charge in [0.25, 0.3) is 5.91 Å². The van der Waals surface area contributed by atoms with E-state index in [1.54, 1.807) is 18.5 Å². The first-order chi connectivity index (χ1) is 12.1. The highest BCUT2D eigenvalue weighted by Crippen LogP contribution is 2.30. The van der Waals surface area contributed by atoms with Gasteiger partial charge in [-0.15, -0.1) is 0 Å². The molecule has 1 saturated heterocycles. The van der Waals surface area contributed by atoms with Crippen molar-refractivity contribution >= 4 is 17.5 Å². The lowest BCUT2D eigenvalue weighted by Crippen LogP contribution is -2.48. The van der Waals surface area contributed by atoms with Gasteiger partial charge >= 0.3 is 0 Å². The van der Waals surface area contributed by atoms with E-state index in [4.69, 9.17) is 16.1 Å². The summed E-state index contributed by atoms with van der Waals surface area (Å²) in [4.78, 5) is 26.2. The molecule has 0 spiro atoms. The predicted octanol–water partition coefficient (Wildman–Crippen LogP) is 2.56. The molecular weight excluding hydrogens is 349 g/mol. The Balaban J connectivity index is 1.46. The van der Waals surface area contributed by atoms with Gasteiger partial charge in [-0.1, -0.05) is 22.8 Å². The van der Waals surface area contributed by atoms with Crippen molar-refractivity contribution in [1.82, 2.24) is 25.0 Å². The van der Waals surface area contributed by atoms with Crippen molar-refractivity contribution in [3.05, 3.63) is 59.0 Å². The molecule has 2 aromatic heterocycles. The van der Waals surface area contributed by atoms with Crippen LogP contribution in [0.1, 0.15) is 22.2 Å². The fourth-order valence-electron chi connectivity index (χ4n) is 2.57. The zero-order valence-corrected chi connectivity index (χ0v) is 13.5. The number of amides is 1. The molecule has 1 aliphatic rings. The molecule has 0 radical (unpaired) electrons. The van der Waals surface area contributed by atoms with Gasteiger partial charge < -0.3 is 9.42 Å². The van der Waals surface area contributed by atoms with E-state index >= 15 is 0 Å². The molecule has 3 aromatic rings. The number of carbonyl (C=O) groups is 1. The lowest BCUT2D eigenvalue weighted by molar-refractivity contribution is 0.0564. The molecule has 126 valence electrons. The third-order valence-corrected chi connectivity index (χ3v) is 4.22. The zero-order valence-electron chi connectivity index (χ0n) is 12.8. The quantitative estimate of drug-likeness (QED) is 0.714.